The molecule has 0 unspecified atom stereocenters. The number of benzene rings is 2. The van der Waals surface area contributed by atoms with E-state index in [-0.39, 0.29) is 11.7 Å². The van der Waals surface area contributed by atoms with Gasteiger partial charge in [0.05, 0.1) is 0 Å². The van der Waals surface area contributed by atoms with Crippen molar-refractivity contribution in [3.8, 4) is 11.1 Å². The van der Waals surface area contributed by atoms with Crippen molar-refractivity contribution in [2.75, 3.05) is 6.54 Å². The molecule has 0 spiro atoms. The number of hydrogen-bond acceptors (Lipinski definition) is 2. The fourth-order valence-electron chi connectivity index (χ4n) is 3.91. The second kappa shape index (κ2) is 10.1. The molecule has 1 aliphatic carbocycles. The molecule has 0 atom stereocenters. The summed E-state index contributed by atoms with van der Waals surface area (Å²) in [5.41, 5.74) is 8.58. The molecule has 1 saturated carbocycles. The zero-order chi connectivity index (χ0) is 19.8. The Morgan fingerprint density at radius 2 is 1.89 bits per heavy atom. The van der Waals surface area contributed by atoms with Crippen LogP contribution in [-0.4, -0.2) is 18.7 Å². The first kappa shape index (κ1) is 20.2. The maximum absolute atomic E-state index is 15.0. The topological polar surface area (TPSA) is 74.3 Å². The summed E-state index contributed by atoms with van der Waals surface area (Å²) in [6, 6.07) is 12.8. The van der Waals surface area contributed by atoms with Gasteiger partial charge in [-0.1, -0.05) is 74.6 Å². The fourth-order valence-corrected chi connectivity index (χ4v) is 3.91. The first-order valence-electron chi connectivity index (χ1n) is 10.1. The van der Waals surface area contributed by atoms with Gasteiger partial charge in [0, 0.05) is 23.2 Å². The summed E-state index contributed by atoms with van der Waals surface area (Å²) < 4.78 is 15.0. The predicted octanol–water partition coefficient (Wildman–Crippen LogP) is 4.87. The van der Waals surface area contributed by atoms with Crippen molar-refractivity contribution in [3.05, 3.63) is 59.4 Å². The van der Waals surface area contributed by atoms with E-state index in [1.54, 1.807) is 18.2 Å². The minimum atomic E-state index is -0.179. The van der Waals surface area contributed by atoms with Crippen molar-refractivity contribution in [2.45, 2.75) is 45.1 Å². The van der Waals surface area contributed by atoms with Crippen LogP contribution in [0.4, 0.5) is 4.39 Å². The molecule has 1 aliphatic rings. The van der Waals surface area contributed by atoms with Gasteiger partial charge in [-0.15, -0.1) is 0 Å². The van der Waals surface area contributed by atoms with Gasteiger partial charge in [0.1, 0.15) is 18.0 Å². The van der Waals surface area contributed by atoms with E-state index in [2.05, 4.69) is 10.3 Å². The Morgan fingerprint density at radius 3 is 2.61 bits per heavy atom. The minimum Gasteiger partial charge on any atom is -0.383 e. The quantitative estimate of drug-likeness (QED) is 0.347. The zero-order valence-corrected chi connectivity index (χ0v) is 16.3. The van der Waals surface area contributed by atoms with Gasteiger partial charge < -0.3 is 11.1 Å². The highest BCUT2D eigenvalue weighted by Crippen LogP contribution is 2.27. The Balaban J connectivity index is 1.62. The lowest BCUT2D eigenvalue weighted by molar-refractivity contribution is 0.333. The first-order chi connectivity index (χ1) is 13.7. The lowest BCUT2D eigenvalue weighted by Crippen LogP contribution is -2.19. The van der Waals surface area contributed by atoms with E-state index in [0.29, 0.717) is 23.2 Å². The molecule has 0 saturated heterocycles. The third-order valence-corrected chi connectivity index (χ3v) is 5.54. The van der Waals surface area contributed by atoms with E-state index in [1.165, 1.54) is 38.5 Å². The summed E-state index contributed by atoms with van der Waals surface area (Å²) in [5, 5.41) is 10.4. The van der Waals surface area contributed by atoms with Gasteiger partial charge in [-0.25, -0.2) is 9.38 Å². The molecule has 0 amide bonds. The van der Waals surface area contributed by atoms with E-state index in [0.717, 1.165) is 24.4 Å². The Morgan fingerprint density at radius 1 is 1.14 bits per heavy atom. The number of nitrogens with one attached hydrogen (secondary N) is 2. The van der Waals surface area contributed by atoms with Crippen LogP contribution in [-0.2, 0) is 6.54 Å². The summed E-state index contributed by atoms with van der Waals surface area (Å²) in [4.78, 5) is 3.76. The highest BCUT2D eigenvalue weighted by Gasteiger charge is 2.13. The van der Waals surface area contributed by atoms with Crippen LogP contribution in [0.2, 0.25) is 0 Å². The van der Waals surface area contributed by atoms with Crippen molar-refractivity contribution in [1.82, 2.24) is 5.32 Å². The number of nitrogens with two attached hydrogens (primary N) is 1. The van der Waals surface area contributed by atoms with Crippen LogP contribution >= 0.6 is 0 Å². The highest BCUT2D eigenvalue weighted by molar-refractivity contribution is 6.01. The third-order valence-electron chi connectivity index (χ3n) is 5.54. The molecule has 0 aromatic heterocycles. The number of halogens is 1. The molecule has 4 N–H and O–H groups in total. The standard InChI is InChI=1S/C23H29FN4/c24-22-20(15-27-14-13-17-5-2-1-3-6-17)7-4-8-21(22)18-9-11-19(12-10-18)23(26)28-16-25/h4,7-12,16-17,27H,1-3,5-6,13-15H2,(H3,25,26,28). The van der Waals surface area contributed by atoms with Crippen molar-refractivity contribution in [2.24, 2.45) is 16.6 Å². The van der Waals surface area contributed by atoms with Crippen molar-refractivity contribution in [3.63, 3.8) is 0 Å². The monoisotopic (exact) mass is 380 g/mol. The van der Waals surface area contributed by atoms with Crippen molar-refractivity contribution >= 4 is 12.2 Å². The zero-order valence-electron chi connectivity index (χ0n) is 16.3. The lowest BCUT2D eigenvalue weighted by Gasteiger charge is -2.21. The Labute approximate surface area is 166 Å². The van der Waals surface area contributed by atoms with E-state index >= 15 is 4.39 Å². The van der Waals surface area contributed by atoms with Crippen LogP contribution in [0.1, 0.15) is 49.7 Å². The average molecular weight is 381 g/mol. The van der Waals surface area contributed by atoms with Crippen LogP contribution in [0.5, 0.6) is 0 Å². The Bertz CT molecular complexity index is 808. The van der Waals surface area contributed by atoms with Gasteiger partial charge in [-0.05, 0) is 24.4 Å². The molecule has 148 valence electrons. The third kappa shape index (κ3) is 5.26. The number of nitrogens with zero attached hydrogens (tertiary/aromatic N) is 1. The van der Waals surface area contributed by atoms with Crippen LogP contribution in [0.25, 0.3) is 11.1 Å². The van der Waals surface area contributed by atoms with Gasteiger partial charge >= 0.3 is 0 Å². The molecule has 2 aromatic rings. The Hall–Kier alpha value is -2.53. The molecule has 1 fully saturated rings. The van der Waals surface area contributed by atoms with Gasteiger partial charge in [0.25, 0.3) is 0 Å². The molecule has 2 aromatic carbocycles. The number of rotatable bonds is 8. The summed E-state index contributed by atoms with van der Waals surface area (Å²) in [6.07, 6.45) is 8.88. The van der Waals surface area contributed by atoms with Gasteiger partial charge in [-0.2, -0.15) is 0 Å². The molecular formula is C23H29FN4. The number of aliphatic imine (C=N–C) groups is 1. The van der Waals surface area contributed by atoms with Crippen molar-refractivity contribution in [1.29, 1.82) is 5.41 Å². The minimum absolute atomic E-state index is 0.179. The largest absolute Gasteiger partial charge is 0.383 e. The molecule has 4 nitrogen and oxygen atoms in total. The SMILES string of the molecule is N=CN=C(N)c1ccc(-c2cccc(CNCCC3CCCCC3)c2F)cc1. The maximum Gasteiger partial charge on any atom is 0.135 e. The van der Waals surface area contributed by atoms with Crippen LogP contribution in [0, 0.1) is 17.1 Å². The summed E-state index contributed by atoms with van der Waals surface area (Å²) >= 11 is 0. The normalized spacial score (nSPS) is 15.5. The highest BCUT2D eigenvalue weighted by atomic mass is 19.1. The van der Waals surface area contributed by atoms with E-state index in [1.807, 2.05) is 24.3 Å². The number of hydrogen-bond donors (Lipinski definition) is 3. The molecule has 3 rings (SSSR count). The maximum atomic E-state index is 15.0. The second-order valence-corrected chi connectivity index (χ2v) is 7.47. The van der Waals surface area contributed by atoms with Crippen molar-refractivity contribution < 1.29 is 4.39 Å². The van der Waals surface area contributed by atoms with Gasteiger partial charge in [0.2, 0.25) is 0 Å². The molecule has 0 heterocycles. The van der Waals surface area contributed by atoms with Crippen LogP contribution in [0.3, 0.4) is 0 Å². The lowest BCUT2D eigenvalue weighted by atomic mass is 9.87. The molecule has 0 bridgehead atoms. The fraction of sp³-hybridized carbons (Fsp3) is 0.391. The number of amidine groups is 1. The average Bonchev–Trinajstić information content (AvgIpc) is 2.73. The molecule has 0 radical (unpaired) electrons. The molecule has 28 heavy (non-hydrogen) atoms. The van der Waals surface area contributed by atoms with E-state index in [4.69, 9.17) is 11.1 Å². The first-order valence-corrected chi connectivity index (χ1v) is 10.1. The predicted molar refractivity (Wildman–Crippen MR) is 114 cm³/mol. The second-order valence-electron chi connectivity index (χ2n) is 7.47. The van der Waals surface area contributed by atoms with E-state index in [9.17, 15) is 0 Å². The molecule has 5 heteroatoms. The smallest absolute Gasteiger partial charge is 0.135 e. The Kier molecular flexibility index (Phi) is 7.31. The molecular weight excluding hydrogens is 351 g/mol. The summed E-state index contributed by atoms with van der Waals surface area (Å²) in [6.45, 7) is 1.48. The summed E-state index contributed by atoms with van der Waals surface area (Å²) in [7, 11) is 0. The molecule has 0 aliphatic heterocycles. The van der Waals surface area contributed by atoms with E-state index < -0.39 is 0 Å². The van der Waals surface area contributed by atoms with Gasteiger partial charge in [-0.3, -0.25) is 5.41 Å². The van der Waals surface area contributed by atoms with Crippen LogP contribution in [0.15, 0.2) is 47.5 Å². The van der Waals surface area contributed by atoms with Gasteiger partial charge in [0.15, 0.2) is 0 Å². The van der Waals surface area contributed by atoms with Crippen LogP contribution < -0.4 is 11.1 Å². The summed E-state index contributed by atoms with van der Waals surface area (Å²) in [5.74, 6) is 0.930.